The second kappa shape index (κ2) is 6.40. The molecule has 0 aromatic carbocycles. The lowest BCUT2D eigenvalue weighted by Crippen LogP contribution is -2.11. The maximum atomic E-state index is 11.0. The molecule has 0 spiro atoms. The number of ether oxygens (including phenoxy) is 1. The van der Waals surface area contributed by atoms with Crippen LogP contribution in [-0.4, -0.2) is 24.1 Å². The van der Waals surface area contributed by atoms with Crippen molar-refractivity contribution in [3.05, 3.63) is 24.0 Å². The number of carbonyl (C=O) groups excluding carboxylic acids is 1. The van der Waals surface area contributed by atoms with Gasteiger partial charge in [0.15, 0.2) is 0 Å². The van der Waals surface area contributed by atoms with Crippen LogP contribution in [0.2, 0.25) is 0 Å². The first kappa shape index (κ1) is 12.0. The van der Waals surface area contributed by atoms with Crippen LogP contribution < -0.4 is 5.32 Å². The average molecular weight is 219 g/mol. The molecule has 84 valence electrons. The van der Waals surface area contributed by atoms with E-state index in [4.69, 9.17) is 10.00 Å². The fourth-order valence-corrected chi connectivity index (χ4v) is 1.14. The molecule has 1 aromatic rings. The van der Waals surface area contributed by atoms with E-state index in [1.807, 2.05) is 6.07 Å². The lowest BCUT2D eigenvalue weighted by Gasteiger charge is -2.05. The van der Waals surface area contributed by atoms with Crippen LogP contribution in [0.15, 0.2) is 18.3 Å². The van der Waals surface area contributed by atoms with E-state index >= 15 is 0 Å². The Morgan fingerprint density at radius 2 is 2.50 bits per heavy atom. The van der Waals surface area contributed by atoms with Crippen molar-refractivity contribution in [2.24, 2.45) is 0 Å². The summed E-state index contributed by atoms with van der Waals surface area (Å²) < 4.78 is 4.78. The summed E-state index contributed by atoms with van der Waals surface area (Å²) in [5, 5.41) is 11.6. The molecular formula is C11H13N3O2. The second-order valence-electron chi connectivity index (χ2n) is 3.02. The third-order valence-electron chi connectivity index (χ3n) is 1.84. The number of pyridine rings is 1. The number of rotatable bonds is 5. The van der Waals surface area contributed by atoms with Crippen LogP contribution in [0, 0.1) is 11.3 Å². The predicted molar refractivity (Wildman–Crippen MR) is 58.7 cm³/mol. The van der Waals surface area contributed by atoms with Gasteiger partial charge < -0.3 is 10.1 Å². The molecule has 1 N–H and O–H groups in total. The van der Waals surface area contributed by atoms with Crippen LogP contribution in [0.4, 0.5) is 5.69 Å². The second-order valence-corrected chi connectivity index (χ2v) is 3.02. The molecule has 1 aromatic heterocycles. The van der Waals surface area contributed by atoms with Crippen molar-refractivity contribution in [1.82, 2.24) is 4.98 Å². The monoisotopic (exact) mass is 219 g/mol. The number of nitrogens with one attached hydrogen (secondary N) is 1. The highest BCUT2D eigenvalue weighted by Gasteiger charge is 2.01. The Bertz CT molecular complexity index is 398. The molecule has 0 saturated heterocycles. The van der Waals surface area contributed by atoms with E-state index in [2.05, 4.69) is 10.3 Å². The molecule has 5 heteroatoms. The number of hydrogen-bond acceptors (Lipinski definition) is 5. The normalized spacial score (nSPS) is 9.25. The van der Waals surface area contributed by atoms with Gasteiger partial charge in [0.2, 0.25) is 0 Å². The van der Waals surface area contributed by atoms with E-state index in [9.17, 15) is 4.79 Å². The number of nitriles is 1. The van der Waals surface area contributed by atoms with Gasteiger partial charge in [0, 0.05) is 18.4 Å². The first-order valence-corrected chi connectivity index (χ1v) is 5.02. The minimum absolute atomic E-state index is 0.232. The van der Waals surface area contributed by atoms with Gasteiger partial charge in [-0.3, -0.25) is 4.79 Å². The number of nitrogens with zero attached hydrogens (tertiary/aromatic N) is 2. The fourth-order valence-electron chi connectivity index (χ4n) is 1.14. The van der Waals surface area contributed by atoms with E-state index in [1.54, 1.807) is 25.3 Å². The first-order valence-electron chi connectivity index (χ1n) is 5.02. The van der Waals surface area contributed by atoms with Gasteiger partial charge in [-0.05, 0) is 19.1 Å². The Labute approximate surface area is 94.1 Å². The molecule has 0 bridgehead atoms. The number of aromatic nitrogens is 1. The maximum absolute atomic E-state index is 11.0. The number of carbonyl (C=O) groups is 1. The highest BCUT2D eigenvalue weighted by atomic mass is 16.5. The van der Waals surface area contributed by atoms with Crippen LogP contribution >= 0.6 is 0 Å². The smallest absolute Gasteiger partial charge is 0.307 e. The van der Waals surface area contributed by atoms with Gasteiger partial charge in [-0.15, -0.1) is 0 Å². The Hall–Kier alpha value is -2.09. The molecular weight excluding hydrogens is 206 g/mol. The number of anilines is 1. The van der Waals surface area contributed by atoms with Crippen molar-refractivity contribution in [3.8, 4) is 6.07 Å². The molecule has 5 nitrogen and oxygen atoms in total. The summed E-state index contributed by atoms with van der Waals surface area (Å²) in [6.45, 7) is 2.65. The van der Waals surface area contributed by atoms with Crippen molar-refractivity contribution in [2.45, 2.75) is 13.3 Å². The molecule has 0 aliphatic rings. The zero-order chi connectivity index (χ0) is 11.8. The molecule has 0 saturated carbocycles. The molecule has 16 heavy (non-hydrogen) atoms. The van der Waals surface area contributed by atoms with E-state index in [1.165, 1.54) is 0 Å². The van der Waals surface area contributed by atoms with Crippen molar-refractivity contribution < 1.29 is 9.53 Å². The summed E-state index contributed by atoms with van der Waals surface area (Å²) >= 11 is 0. The van der Waals surface area contributed by atoms with Gasteiger partial charge in [-0.25, -0.2) is 4.98 Å². The van der Waals surface area contributed by atoms with Gasteiger partial charge in [0.1, 0.15) is 11.8 Å². The van der Waals surface area contributed by atoms with Crippen LogP contribution in [0.3, 0.4) is 0 Å². The molecule has 0 fully saturated rings. The van der Waals surface area contributed by atoms with E-state index in [0.29, 0.717) is 25.3 Å². The van der Waals surface area contributed by atoms with Gasteiger partial charge in [0.25, 0.3) is 0 Å². The zero-order valence-corrected chi connectivity index (χ0v) is 9.06. The molecule has 0 aliphatic carbocycles. The summed E-state index contributed by atoms with van der Waals surface area (Å²) in [6.07, 6.45) is 1.85. The minimum atomic E-state index is -0.232. The standard InChI is InChI=1S/C11H13N3O2/c1-2-16-11(15)4-6-13-9-3-5-14-10(7-9)8-12/h3,5,7H,2,4,6H2,1H3,(H,13,14). The Kier molecular flexibility index (Phi) is 4.80. The Morgan fingerprint density at radius 1 is 1.69 bits per heavy atom. The SMILES string of the molecule is CCOC(=O)CCNc1ccnc(C#N)c1. The van der Waals surface area contributed by atoms with Gasteiger partial charge in [-0.1, -0.05) is 0 Å². The summed E-state index contributed by atoms with van der Waals surface area (Å²) in [6, 6.07) is 5.32. The minimum Gasteiger partial charge on any atom is -0.466 e. The lowest BCUT2D eigenvalue weighted by molar-refractivity contribution is -0.142. The van der Waals surface area contributed by atoms with Crippen LogP contribution in [-0.2, 0) is 9.53 Å². The topological polar surface area (TPSA) is 75.0 Å². The first-order chi connectivity index (χ1) is 7.76. The van der Waals surface area contributed by atoms with Crippen LogP contribution in [0.5, 0.6) is 0 Å². The lowest BCUT2D eigenvalue weighted by atomic mass is 10.3. The van der Waals surface area contributed by atoms with Crippen molar-refractivity contribution >= 4 is 11.7 Å². The summed E-state index contributed by atoms with van der Waals surface area (Å²) in [7, 11) is 0. The van der Waals surface area contributed by atoms with Crippen LogP contribution in [0.25, 0.3) is 0 Å². The van der Waals surface area contributed by atoms with E-state index in [0.717, 1.165) is 5.69 Å². The highest BCUT2D eigenvalue weighted by Crippen LogP contribution is 2.06. The average Bonchev–Trinajstić information content (AvgIpc) is 2.30. The number of hydrogen-bond donors (Lipinski definition) is 1. The third-order valence-corrected chi connectivity index (χ3v) is 1.84. The molecule has 0 aliphatic heterocycles. The van der Waals surface area contributed by atoms with Gasteiger partial charge >= 0.3 is 5.97 Å². The molecule has 0 radical (unpaired) electrons. The molecule has 0 atom stereocenters. The predicted octanol–water partition coefficient (Wildman–Crippen LogP) is 1.32. The molecule has 1 heterocycles. The summed E-state index contributed by atoms with van der Waals surface area (Å²) in [5.74, 6) is -0.232. The molecule has 1 rings (SSSR count). The Balaban J connectivity index is 2.37. The maximum Gasteiger partial charge on any atom is 0.307 e. The summed E-state index contributed by atoms with van der Waals surface area (Å²) in [4.78, 5) is 14.9. The molecule has 0 amide bonds. The summed E-state index contributed by atoms with van der Waals surface area (Å²) in [5.41, 5.74) is 1.12. The van der Waals surface area contributed by atoms with Crippen molar-refractivity contribution in [1.29, 1.82) is 5.26 Å². The quantitative estimate of drug-likeness (QED) is 0.756. The zero-order valence-electron chi connectivity index (χ0n) is 9.06. The fraction of sp³-hybridized carbons (Fsp3) is 0.364. The highest BCUT2D eigenvalue weighted by molar-refractivity contribution is 5.70. The van der Waals surface area contributed by atoms with Crippen molar-refractivity contribution in [3.63, 3.8) is 0 Å². The van der Waals surface area contributed by atoms with Crippen molar-refractivity contribution in [2.75, 3.05) is 18.5 Å². The Morgan fingerprint density at radius 3 is 3.19 bits per heavy atom. The number of esters is 1. The largest absolute Gasteiger partial charge is 0.466 e. The van der Waals surface area contributed by atoms with Crippen LogP contribution in [0.1, 0.15) is 19.0 Å². The molecule has 0 unspecified atom stereocenters. The van der Waals surface area contributed by atoms with Gasteiger partial charge in [-0.2, -0.15) is 5.26 Å². The van der Waals surface area contributed by atoms with Gasteiger partial charge in [0.05, 0.1) is 13.0 Å². The van der Waals surface area contributed by atoms with E-state index < -0.39 is 0 Å². The third kappa shape index (κ3) is 3.96. The van der Waals surface area contributed by atoms with E-state index in [-0.39, 0.29) is 5.97 Å².